The van der Waals surface area contributed by atoms with E-state index in [9.17, 15) is 18.0 Å². The van der Waals surface area contributed by atoms with Crippen LogP contribution in [0.15, 0.2) is 24.4 Å². The van der Waals surface area contributed by atoms with E-state index < -0.39 is 28.8 Å². The monoisotopic (exact) mass is 539 g/mol. The summed E-state index contributed by atoms with van der Waals surface area (Å²) in [6.07, 6.45) is -1.86. The molecule has 1 N–H and O–H groups in total. The first kappa shape index (κ1) is 24.2. The number of anilines is 1. The van der Waals surface area contributed by atoms with Crippen LogP contribution in [0.25, 0.3) is 0 Å². The summed E-state index contributed by atoms with van der Waals surface area (Å²) in [6, 6.07) is 4.02. The number of hydrogen-bond donors (Lipinski definition) is 1. The third kappa shape index (κ3) is 5.11. The molecular weight excluding hydrogens is 525 g/mol. The highest BCUT2D eigenvalue weighted by molar-refractivity contribution is 6.42. The SMILES string of the molecule is CC(C(=O)Nc1nn(Cc2ccc(Cl)c(Cl)c2)cc1Cl)n1nc(C(F)(F)F)c(Cl)c1C1CC1. The lowest BCUT2D eigenvalue weighted by molar-refractivity contribution is -0.141. The van der Waals surface area contributed by atoms with Crippen molar-refractivity contribution < 1.29 is 18.0 Å². The van der Waals surface area contributed by atoms with Crippen molar-refractivity contribution in [2.75, 3.05) is 5.32 Å². The largest absolute Gasteiger partial charge is 0.436 e. The van der Waals surface area contributed by atoms with Crippen LogP contribution in [-0.2, 0) is 17.5 Å². The highest BCUT2D eigenvalue weighted by Gasteiger charge is 2.43. The number of nitrogens with one attached hydrogen (secondary N) is 1. The normalized spacial score (nSPS) is 15.0. The fourth-order valence-electron chi connectivity index (χ4n) is 3.35. The van der Waals surface area contributed by atoms with Gasteiger partial charge in [0.1, 0.15) is 11.1 Å². The molecule has 1 saturated carbocycles. The van der Waals surface area contributed by atoms with Gasteiger partial charge in [-0.2, -0.15) is 23.4 Å². The van der Waals surface area contributed by atoms with Crippen LogP contribution in [0.4, 0.5) is 19.0 Å². The molecule has 1 atom stereocenters. The van der Waals surface area contributed by atoms with Gasteiger partial charge in [0, 0.05) is 12.1 Å². The number of alkyl halides is 3. The predicted molar refractivity (Wildman–Crippen MR) is 120 cm³/mol. The molecule has 0 aliphatic heterocycles. The molecule has 1 unspecified atom stereocenters. The molecule has 1 aliphatic rings. The Morgan fingerprint density at radius 3 is 2.45 bits per heavy atom. The Labute approximate surface area is 206 Å². The Kier molecular flexibility index (Phi) is 6.61. The number of benzene rings is 1. The van der Waals surface area contributed by atoms with Gasteiger partial charge >= 0.3 is 6.18 Å². The molecule has 0 saturated heterocycles. The number of carbonyl (C=O) groups excluding carboxylic acids is 1. The highest BCUT2D eigenvalue weighted by atomic mass is 35.5. The van der Waals surface area contributed by atoms with Crippen molar-refractivity contribution in [3.05, 3.63) is 61.4 Å². The standard InChI is InChI=1S/C20H16Cl4F3N5O/c1-9(32-16(11-3-4-11)15(24)17(29-32)20(25,26)27)19(33)28-18-14(23)8-31(30-18)7-10-2-5-12(21)13(22)6-10/h2,5-6,8-9,11H,3-4,7H2,1H3,(H,28,30,33). The first-order valence-corrected chi connectivity index (χ1v) is 11.3. The zero-order chi connectivity index (χ0) is 24.1. The number of carbonyl (C=O) groups is 1. The molecule has 13 heteroatoms. The minimum absolute atomic E-state index is 0.0656. The maximum Gasteiger partial charge on any atom is 0.436 e. The van der Waals surface area contributed by atoms with Gasteiger partial charge in [0.25, 0.3) is 0 Å². The third-order valence-electron chi connectivity index (χ3n) is 5.15. The maximum atomic E-state index is 13.3. The fraction of sp³-hybridized carbons (Fsp3) is 0.350. The Hall–Kier alpha value is -1.94. The summed E-state index contributed by atoms with van der Waals surface area (Å²) in [6.45, 7) is 1.74. The fourth-order valence-corrected chi connectivity index (χ4v) is 4.25. The molecule has 0 bridgehead atoms. The van der Waals surface area contributed by atoms with Gasteiger partial charge in [0.05, 0.1) is 27.3 Å². The van der Waals surface area contributed by atoms with Gasteiger partial charge in [0.2, 0.25) is 5.91 Å². The summed E-state index contributed by atoms with van der Waals surface area (Å²) < 4.78 is 42.5. The van der Waals surface area contributed by atoms with Crippen molar-refractivity contribution in [2.24, 2.45) is 0 Å². The predicted octanol–water partition coefficient (Wildman–Crippen LogP) is 6.84. The van der Waals surface area contributed by atoms with E-state index in [0.717, 1.165) is 10.2 Å². The quantitative estimate of drug-likeness (QED) is 0.372. The van der Waals surface area contributed by atoms with Crippen molar-refractivity contribution >= 4 is 58.1 Å². The summed E-state index contributed by atoms with van der Waals surface area (Å²) in [5, 5.41) is 10.9. The van der Waals surface area contributed by atoms with Crippen LogP contribution in [0.5, 0.6) is 0 Å². The summed E-state index contributed by atoms with van der Waals surface area (Å²) in [4.78, 5) is 12.8. The van der Waals surface area contributed by atoms with Crippen molar-refractivity contribution in [3.63, 3.8) is 0 Å². The van der Waals surface area contributed by atoms with E-state index in [0.29, 0.717) is 29.4 Å². The average molecular weight is 541 g/mol. The Bertz CT molecular complexity index is 1220. The molecule has 176 valence electrons. The van der Waals surface area contributed by atoms with Gasteiger partial charge < -0.3 is 5.32 Å². The van der Waals surface area contributed by atoms with Gasteiger partial charge in [0.15, 0.2) is 11.5 Å². The average Bonchev–Trinajstić information content (AvgIpc) is 3.42. The van der Waals surface area contributed by atoms with Crippen molar-refractivity contribution in [1.82, 2.24) is 19.6 Å². The minimum atomic E-state index is -4.73. The van der Waals surface area contributed by atoms with E-state index >= 15 is 0 Å². The van der Waals surface area contributed by atoms with Gasteiger partial charge in [-0.3, -0.25) is 14.2 Å². The summed E-state index contributed by atoms with van der Waals surface area (Å²) in [7, 11) is 0. The topological polar surface area (TPSA) is 64.7 Å². The van der Waals surface area contributed by atoms with Crippen LogP contribution in [0.1, 0.15) is 48.7 Å². The van der Waals surface area contributed by atoms with Gasteiger partial charge in [-0.15, -0.1) is 0 Å². The molecule has 2 aromatic heterocycles. The number of hydrogen-bond acceptors (Lipinski definition) is 3. The lowest BCUT2D eigenvalue weighted by Crippen LogP contribution is -2.26. The third-order valence-corrected chi connectivity index (χ3v) is 6.54. The van der Waals surface area contributed by atoms with E-state index in [1.54, 1.807) is 18.2 Å². The lowest BCUT2D eigenvalue weighted by atomic mass is 10.2. The molecular formula is C20H16Cl4F3N5O. The molecule has 33 heavy (non-hydrogen) atoms. The smallest absolute Gasteiger partial charge is 0.306 e. The molecule has 2 heterocycles. The second-order valence-corrected chi connectivity index (χ2v) is 9.30. The van der Waals surface area contributed by atoms with Crippen molar-refractivity contribution in [3.8, 4) is 0 Å². The van der Waals surface area contributed by atoms with Crippen LogP contribution in [-0.4, -0.2) is 25.5 Å². The number of nitrogens with zero attached hydrogens (tertiary/aromatic N) is 4. The van der Waals surface area contributed by atoms with Gasteiger partial charge in [-0.25, -0.2) is 0 Å². The van der Waals surface area contributed by atoms with Crippen LogP contribution in [0, 0.1) is 0 Å². The number of rotatable bonds is 6. The van der Waals surface area contributed by atoms with E-state index in [4.69, 9.17) is 46.4 Å². The minimum Gasteiger partial charge on any atom is -0.306 e. The van der Waals surface area contributed by atoms with Crippen LogP contribution >= 0.6 is 46.4 Å². The number of amides is 1. The first-order chi connectivity index (χ1) is 15.5. The second-order valence-electron chi connectivity index (χ2n) is 7.70. The molecule has 4 rings (SSSR count). The zero-order valence-electron chi connectivity index (χ0n) is 16.9. The maximum absolute atomic E-state index is 13.3. The van der Waals surface area contributed by atoms with E-state index in [1.165, 1.54) is 17.8 Å². The van der Waals surface area contributed by atoms with Crippen molar-refractivity contribution in [2.45, 2.75) is 44.4 Å². The molecule has 1 fully saturated rings. The molecule has 0 radical (unpaired) electrons. The Morgan fingerprint density at radius 2 is 1.85 bits per heavy atom. The number of halogens is 7. The van der Waals surface area contributed by atoms with Crippen molar-refractivity contribution in [1.29, 1.82) is 0 Å². The molecule has 3 aromatic rings. The summed E-state index contributed by atoms with van der Waals surface area (Å²) in [5.41, 5.74) is -0.188. The summed E-state index contributed by atoms with van der Waals surface area (Å²) >= 11 is 24.1. The van der Waals surface area contributed by atoms with E-state index in [2.05, 4.69) is 15.5 Å². The lowest BCUT2D eigenvalue weighted by Gasteiger charge is -2.15. The molecule has 0 spiro atoms. The van der Waals surface area contributed by atoms with E-state index in [1.807, 2.05) is 0 Å². The van der Waals surface area contributed by atoms with Crippen LogP contribution in [0.2, 0.25) is 20.1 Å². The highest BCUT2D eigenvalue weighted by Crippen LogP contribution is 2.47. The zero-order valence-corrected chi connectivity index (χ0v) is 20.0. The Balaban J connectivity index is 1.54. The molecule has 1 aromatic carbocycles. The second kappa shape index (κ2) is 9.02. The first-order valence-electron chi connectivity index (χ1n) is 9.78. The van der Waals surface area contributed by atoms with Crippen LogP contribution in [0.3, 0.4) is 0 Å². The van der Waals surface area contributed by atoms with Gasteiger partial charge in [-0.1, -0.05) is 52.5 Å². The van der Waals surface area contributed by atoms with E-state index in [-0.39, 0.29) is 22.5 Å². The molecule has 1 amide bonds. The van der Waals surface area contributed by atoms with Gasteiger partial charge in [-0.05, 0) is 37.5 Å². The Morgan fingerprint density at radius 1 is 1.15 bits per heavy atom. The number of aromatic nitrogens is 4. The summed E-state index contributed by atoms with van der Waals surface area (Å²) in [5.74, 6) is -0.729. The van der Waals surface area contributed by atoms with Crippen LogP contribution < -0.4 is 5.32 Å². The molecule has 6 nitrogen and oxygen atoms in total. The molecule has 1 aliphatic carbocycles.